The molecular weight excluding hydrogens is 640 g/mol. The molecule has 49 heavy (non-hydrogen) atoms. The van der Waals surface area contributed by atoms with Crippen molar-refractivity contribution in [1.29, 1.82) is 0 Å². The van der Waals surface area contributed by atoms with E-state index < -0.39 is 59.9 Å². The van der Waals surface area contributed by atoms with Crippen LogP contribution in [-0.4, -0.2) is 59.4 Å². The van der Waals surface area contributed by atoms with Crippen molar-refractivity contribution in [2.45, 2.75) is 63.9 Å². The van der Waals surface area contributed by atoms with E-state index >= 15 is 0 Å². The minimum atomic E-state index is -1.53. The number of nitrogens with zero attached hydrogens (tertiary/aromatic N) is 3. The maximum absolute atomic E-state index is 13.4. The van der Waals surface area contributed by atoms with Gasteiger partial charge in [0.2, 0.25) is 6.29 Å². The van der Waals surface area contributed by atoms with Gasteiger partial charge < -0.3 is 44.0 Å². The molecule has 1 saturated heterocycles. The Morgan fingerprint density at radius 3 is 2.51 bits per heavy atom. The Balaban J connectivity index is 1.42. The molecule has 0 unspecified atom stereocenters. The van der Waals surface area contributed by atoms with Crippen molar-refractivity contribution in [2.24, 2.45) is 10.8 Å². The molecule has 0 bridgehead atoms. The number of ketones is 1. The van der Waals surface area contributed by atoms with Gasteiger partial charge in [-0.15, -0.1) is 0 Å². The number of amides is 1. The summed E-state index contributed by atoms with van der Waals surface area (Å²) in [6.07, 6.45) is -6.64. The van der Waals surface area contributed by atoms with Crippen LogP contribution in [0.2, 0.25) is 0 Å². The summed E-state index contributed by atoms with van der Waals surface area (Å²) < 4.78 is 34.0. The van der Waals surface area contributed by atoms with E-state index in [-0.39, 0.29) is 45.7 Å². The number of methoxy groups -OCH3 is 1. The zero-order valence-electron chi connectivity index (χ0n) is 27.0. The molecule has 0 saturated carbocycles. The lowest BCUT2D eigenvalue weighted by atomic mass is 9.89. The molecule has 15 nitrogen and oxygen atoms in total. The first-order valence-electron chi connectivity index (χ1n) is 15.0. The molecular formula is C34H34N4O11. The van der Waals surface area contributed by atoms with E-state index in [4.69, 9.17) is 39.4 Å². The second kappa shape index (κ2) is 14.3. The van der Waals surface area contributed by atoms with Gasteiger partial charge in [0.25, 0.3) is 0 Å². The van der Waals surface area contributed by atoms with E-state index in [1.54, 1.807) is 51.1 Å². The number of benzene rings is 3. The summed E-state index contributed by atoms with van der Waals surface area (Å²) in [5.41, 5.74) is 12.6. The summed E-state index contributed by atoms with van der Waals surface area (Å²) in [7, 11) is 1.37. The van der Waals surface area contributed by atoms with Gasteiger partial charge in [0.05, 0.1) is 23.1 Å². The highest BCUT2D eigenvalue weighted by Crippen LogP contribution is 2.38. The summed E-state index contributed by atoms with van der Waals surface area (Å²) in [6.45, 7) is 4.85. The van der Waals surface area contributed by atoms with Crippen molar-refractivity contribution in [3.8, 4) is 23.0 Å². The quantitative estimate of drug-likeness (QED) is 0.0617. The van der Waals surface area contributed by atoms with Crippen LogP contribution in [0.25, 0.3) is 21.4 Å². The molecule has 0 radical (unpaired) electrons. The standard InChI is InChI=1S/C34H34N4O11/c1-17-24(46-32-27(41)29(48-33(35)43)30(44-4)34(2,3)49-32)13-12-21-26(40)22(31(42)47-28(17)21)15-23(39)18-10-11-19(16-37-38-36)25(14-18)45-20-8-6-5-7-9-20/h5-14,27,29-30,32,40-41H,15-16H2,1-4H3,(H2,35,43)/t27-,29+,30-,32-/m1/s1. The van der Waals surface area contributed by atoms with Gasteiger partial charge in [0, 0.05) is 35.1 Å². The van der Waals surface area contributed by atoms with Crippen LogP contribution in [0.3, 0.4) is 0 Å². The number of aliphatic hydroxyl groups is 1. The minimum absolute atomic E-state index is 0.0216. The Morgan fingerprint density at radius 1 is 1.10 bits per heavy atom. The topological polar surface area (TPSA) is 226 Å². The number of primary amides is 1. The lowest BCUT2D eigenvalue weighted by Gasteiger charge is -2.47. The van der Waals surface area contributed by atoms with E-state index in [1.807, 2.05) is 6.07 Å². The SMILES string of the molecule is CO[C@@H]1[C@@H](OC(N)=O)[C@@H](O)[C@H](Oc2ccc3c(O)c(CC(=O)c4ccc(CN=[N+]=[N-])c(Oc5ccccc5)c4)c(=O)oc3c2C)OC1(C)C. The average molecular weight is 675 g/mol. The van der Waals surface area contributed by atoms with Crippen LogP contribution in [0.4, 0.5) is 4.79 Å². The van der Waals surface area contributed by atoms with Crippen molar-refractivity contribution in [2.75, 3.05) is 7.11 Å². The van der Waals surface area contributed by atoms with Crippen LogP contribution in [0.15, 0.2) is 75.0 Å². The van der Waals surface area contributed by atoms with Crippen molar-refractivity contribution >= 4 is 22.8 Å². The number of Topliss-reactive ketones (excluding diaryl/α,β-unsaturated/α-hetero) is 1. The van der Waals surface area contributed by atoms with Crippen molar-refractivity contribution in [3.05, 3.63) is 104 Å². The molecule has 4 aromatic rings. The highest BCUT2D eigenvalue weighted by atomic mass is 16.7. The van der Waals surface area contributed by atoms with Crippen molar-refractivity contribution < 1.29 is 47.9 Å². The van der Waals surface area contributed by atoms with Crippen LogP contribution in [0, 0.1) is 6.92 Å². The number of para-hydroxylation sites is 1. The lowest BCUT2D eigenvalue weighted by molar-refractivity contribution is -0.304. The number of aryl methyl sites for hydroxylation is 1. The van der Waals surface area contributed by atoms with Gasteiger partial charge in [-0.05, 0) is 56.6 Å². The average Bonchev–Trinajstić information content (AvgIpc) is 3.06. The Bertz CT molecular complexity index is 1990. The van der Waals surface area contributed by atoms with Gasteiger partial charge in [-0.2, -0.15) is 0 Å². The predicted octanol–water partition coefficient (Wildman–Crippen LogP) is 5.19. The molecule has 3 aromatic carbocycles. The van der Waals surface area contributed by atoms with Gasteiger partial charge in [0.15, 0.2) is 18.0 Å². The zero-order chi connectivity index (χ0) is 35.5. The summed E-state index contributed by atoms with van der Waals surface area (Å²) in [5, 5.41) is 25.9. The molecule has 4 N–H and O–H groups in total. The normalized spacial score (nSPS) is 19.9. The fourth-order valence-corrected chi connectivity index (χ4v) is 5.70. The summed E-state index contributed by atoms with van der Waals surface area (Å²) in [4.78, 5) is 40.9. The van der Waals surface area contributed by atoms with Gasteiger partial charge in [-0.3, -0.25) is 4.79 Å². The Morgan fingerprint density at radius 2 is 1.84 bits per heavy atom. The maximum atomic E-state index is 13.4. The number of azide groups is 1. The summed E-state index contributed by atoms with van der Waals surface area (Å²) in [6, 6.07) is 16.3. The first kappa shape index (κ1) is 34.7. The lowest BCUT2D eigenvalue weighted by Crippen LogP contribution is -2.65. The fraction of sp³-hybridized carbons (Fsp3) is 0.324. The van der Waals surface area contributed by atoms with Gasteiger partial charge in [-0.1, -0.05) is 35.4 Å². The van der Waals surface area contributed by atoms with E-state index in [9.17, 15) is 24.6 Å². The first-order chi connectivity index (χ1) is 23.3. The second-order valence-electron chi connectivity index (χ2n) is 11.8. The molecule has 15 heteroatoms. The molecule has 1 aliphatic heterocycles. The van der Waals surface area contributed by atoms with Crippen LogP contribution in [0.1, 0.15) is 40.9 Å². The molecule has 5 rings (SSSR count). The number of carbonyl (C=O) groups is 2. The number of hydrogen-bond donors (Lipinski definition) is 3. The summed E-state index contributed by atoms with van der Waals surface area (Å²) >= 11 is 0. The van der Waals surface area contributed by atoms with Gasteiger partial charge >= 0.3 is 11.7 Å². The number of aliphatic hydroxyl groups excluding tert-OH is 1. The maximum Gasteiger partial charge on any atom is 0.404 e. The Kier molecular flexibility index (Phi) is 10.1. The van der Waals surface area contributed by atoms with Crippen LogP contribution >= 0.6 is 0 Å². The van der Waals surface area contributed by atoms with Crippen molar-refractivity contribution in [1.82, 2.24) is 0 Å². The number of fused-ring (bicyclic) bond motifs is 1. The molecule has 1 amide bonds. The Labute approximate surface area is 279 Å². The van der Waals surface area contributed by atoms with E-state index in [1.165, 1.54) is 31.4 Å². The minimum Gasteiger partial charge on any atom is -0.507 e. The molecule has 0 aliphatic carbocycles. The number of carbonyl (C=O) groups excluding carboxylic acids is 2. The van der Waals surface area contributed by atoms with Crippen LogP contribution in [0.5, 0.6) is 23.0 Å². The molecule has 4 atom stereocenters. The van der Waals surface area contributed by atoms with E-state index in [0.29, 0.717) is 11.3 Å². The predicted molar refractivity (Wildman–Crippen MR) is 174 cm³/mol. The highest BCUT2D eigenvalue weighted by Gasteiger charge is 2.53. The first-order valence-corrected chi connectivity index (χ1v) is 15.0. The smallest absolute Gasteiger partial charge is 0.404 e. The monoisotopic (exact) mass is 674 g/mol. The van der Waals surface area contributed by atoms with Crippen LogP contribution < -0.4 is 20.8 Å². The number of nitrogens with two attached hydrogens (primary N) is 1. The molecule has 2 heterocycles. The molecule has 1 aliphatic rings. The summed E-state index contributed by atoms with van der Waals surface area (Å²) in [5.74, 6) is -0.0720. The number of rotatable bonds is 11. The molecule has 256 valence electrons. The highest BCUT2D eigenvalue weighted by molar-refractivity contribution is 5.99. The fourth-order valence-electron chi connectivity index (χ4n) is 5.70. The van der Waals surface area contributed by atoms with Gasteiger partial charge in [-0.25, -0.2) is 9.59 Å². The Hall–Kier alpha value is -5.60. The van der Waals surface area contributed by atoms with Crippen LogP contribution in [-0.2, 0) is 27.2 Å². The number of aromatic hydroxyl groups is 1. The van der Waals surface area contributed by atoms with Crippen molar-refractivity contribution in [3.63, 3.8) is 0 Å². The van der Waals surface area contributed by atoms with E-state index in [2.05, 4.69) is 10.0 Å². The third kappa shape index (κ3) is 7.29. The second-order valence-corrected chi connectivity index (χ2v) is 11.8. The third-order valence-electron chi connectivity index (χ3n) is 8.11. The van der Waals surface area contributed by atoms with Gasteiger partial charge in [0.1, 0.15) is 34.7 Å². The molecule has 1 fully saturated rings. The largest absolute Gasteiger partial charge is 0.507 e. The zero-order valence-corrected chi connectivity index (χ0v) is 27.0. The third-order valence-corrected chi connectivity index (χ3v) is 8.11. The molecule has 0 spiro atoms. The molecule has 1 aromatic heterocycles. The number of hydrogen-bond acceptors (Lipinski definition) is 12. The number of ether oxygens (including phenoxy) is 5. The van der Waals surface area contributed by atoms with E-state index in [0.717, 1.165) is 0 Å².